The van der Waals surface area contributed by atoms with E-state index in [1.54, 1.807) is 48.0 Å². The van der Waals surface area contributed by atoms with E-state index in [4.69, 9.17) is 4.74 Å². The van der Waals surface area contributed by atoms with E-state index in [2.05, 4.69) is 5.10 Å². The van der Waals surface area contributed by atoms with Crippen molar-refractivity contribution in [2.45, 2.75) is 33.4 Å². The van der Waals surface area contributed by atoms with E-state index in [9.17, 15) is 14.7 Å². The number of ketones is 2. The summed E-state index contributed by atoms with van der Waals surface area (Å²) in [6, 6.07) is 15.9. The standard InChI is InChI=1S/C23H24N2O4/c1-15-22(17(3)26)16(2)25(24-15)13-20(27)14-29-21-11-9-19(10-12-21)23(28)18-7-5-4-6-8-18/h4-12,20,27H,13-14H2,1-3H3/t20-/m1/s1. The van der Waals surface area contributed by atoms with Gasteiger partial charge in [-0.1, -0.05) is 30.3 Å². The minimum atomic E-state index is -0.793. The molecule has 0 unspecified atom stereocenters. The van der Waals surface area contributed by atoms with Gasteiger partial charge in [0, 0.05) is 16.8 Å². The maximum atomic E-state index is 12.4. The number of ether oxygens (including phenoxy) is 1. The Hall–Kier alpha value is -3.25. The van der Waals surface area contributed by atoms with Crippen LogP contribution in [0.15, 0.2) is 54.6 Å². The summed E-state index contributed by atoms with van der Waals surface area (Å²) in [4.78, 5) is 24.1. The average Bonchev–Trinajstić information content (AvgIpc) is 3.00. The zero-order chi connectivity index (χ0) is 21.0. The van der Waals surface area contributed by atoms with Crippen molar-refractivity contribution in [3.05, 3.63) is 82.7 Å². The van der Waals surface area contributed by atoms with Crippen molar-refractivity contribution in [2.75, 3.05) is 6.61 Å². The molecule has 3 rings (SSSR count). The van der Waals surface area contributed by atoms with Crippen LogP contribution in [0.4, 0.5) is 0 Å². The van der Waals surface area contributed by atoms with Gasteiger partial charge in [-0.2, -0.15) is 5.10 Å². The van der Waals surface area contributed by atoms with Crippen molar-refractivity contribution in [3.63, 3.8) is 0 Å². The number of aliphatic hydroxyl groups is 1. The molecule has 6 nitrogen and oxygen atoms in total. The lowest BCUT2D eigenvalue weighted by Crippen LogP contribution is -2.25. The minimum absolute atomic E-state index is 0.0397. The summed E-state index contributed by atoms with van der Waals surface area (Å²) in [7, 11) is 0. The van der Waals surface area contributed by atoms with Crippen LogP contribution >= 0.6 is 0 Å². The highest BCUT2D eigenvalue weighted by Crippen LogP contribution is 2.17. The fourth-order valence-corrected chi connectivity index (χ4v) is 3.29. The Balaban J connectivity index is 1.58. The lowest BCUT2D eigenvalue weighted by molar-refractivity contribution is 0.0884. The molecule has 1 heterocycles. The molecule has 1 aromatic heterocycles. The van der Waals surface area contributed by atoms with E-state index < -0.39 is 6.10 Å². The van der Waals surface area contributed by atoms with Crippen LogP contribution in [0.5, 0.6) is 5.75 Å². The number of carbonyl (C=O) groups excluding carboxylic acids is 2. The van der Waals surface area contributed by atoms with E-state index in [-0.39, 0.29) is 24.7 Å². The predicted molar refractivity (Wildman–Crippen MR) is 110 cm³/mol. The van der Waals surface area contributed by atoms with E-state index in [0.717, 1.165) is 5.69 Å². The molecule has 0 saturated heterocycles. The molecule has 0 radical (unpaired) electrons. The summed E-state index contributed by atoms with van der Waals surface area (Å²) in [6.45, 7) is 5.39. The number of rotatable bonds is 8. The fourth-order valence-electron chi connectivity index (χ4n) is 3.29. The van der Waals surface area contributed by atoms with Gasteiger partial charge in [-0.15, -0.1) is 0 Å². The van der Waals surface area contributed by atoms with Gasteiger partial charge in [0.25, 0.3) is 0 Å². The Morgan fingerprint density at radius 3 is 2.24 bits per heavy atom. The molecule has 0 aliphatic carbocycles. The van der Waals surface area contributed by atoms with Gasteiger partial charge in [-0.3, -0.25) is 14.3 Å². The van der Waals surface area contributed by atoms with Gasteiger partial charge in [0.05, 0.1) is 17.8 Å². The number of aryl methyl sites for hydroxylation is 1. The first kappa shape index (κ1) is 20.5. The number of aliphatic hydroxyl groups excluding tert-OH is 1. The second-order valence-electron chi connectivity index (χ2n) is 6.97. The molecule has 150 valence electrons. The maximum absolute atomic E-state index is 12.4. The zero-order valence-corrected chi connectivity index (χ0v) is 16.8. The van der Waals surface area contributed by atoms with Crippen molar-refractivity contribution in [2.24, 2.45) is 0 Å². The average molecular weight is 392 g/mol. The van der Waals surface area contributed by atoms with Crippen LogP contribution in [0.3, 0.4) is 0 Å². The van der Waals surface area contributed by atoms with Crippen LogP contribution in [0.2, 0.25) is 0 Å². The van der Waals surface area contributed by atoms with Crippen molar-refractivity contribution in [3.8, 4) is 5.75 Å². The van der Waals surface area contributed by atoms with Gasteiger partial charge in [0.1, 0.15) is 18.5 Å². The SMILES string of the molecule is CC(=O)c1c(C)nn(C[C@@H](O)COc2ccc(C(=O)c3ccccc3)cc2)c1C. The first-order valence-corrected chi connectivity index (χ1v) is 9.42. The topological polar surface area (TPSA) is 81.4 Å². The van der Waals surface area contributed by atoms with Gasteiger partial charge in [-0.25, -0.2) is 0 Å². The lowest BCUT2D eigenvalue weighted by atomic mass is 10.0. The van der Waals surface area contributed by atoms with E-state index >= 15 is 0 Å². The maximum Gasteiger partial charge on any atom is 0.193 e. The first-order valence-electron chi connectivity index (χ1n) is 9.42. The van der Waals surface area contributed by atoms with Gasteiger partial charge < -0.3 is 9.84 Å². The monoisotopic (exact) mass is 392 g/mol. The quantitative estimate of drug-likeness (QED) is 0.595. The van der Waals surface area contributed by atoms with E-state index in [1.807, 2.05) is 25.1 Å². The number of carbonyl (C=O) groups is 2. The molecule has 0 aliphatic heterocycles. The molecule has 2 aromatic carbocycles. The van der Waals surface area contributed by atoms with Gasteiger partial charge in [-0.05, 0) is 45.0 Å². The highest BCUT2D eigenvalue weighted by molar-refractivity contribution is 6.08. The Morgan fingerprint density at radius 2 is 1.66 bits per heavy atom. The van der Waals surface area contributed by atoms with E-state index in [1.165, 1.54) is 6.92 Å². The summed E-state index contributed by atoms with van der Waals surface area (Å²) in [5.41, 5.74) is 3.19. The molecular formula is C23H24N2O4. The van der Waals surface area contributed by atoms with Crippen molar-refractivity contribution in [1.82, 2.24) is 9.78 Å². The van der Waals surface area contributed by atoms with Gasteiger partial charge >= 0.3 is 0 Å². The molecule has 0 fully saturated rings. The number of benzene rings is 2. The minimum Gasteiger partial charge on any atom is -0.491 e. The Labute approximate surface area is 169 Å². The summed E-state index contributed by atoms with van der Waals surface area (Å²) in [6.07, 6.45) is -0.793. The third-order valence-electron chi connectivity index (χ3n) is 4.71. The normalized spacial score (nSPS) is 11.9. The zero-order valence-electron chi connectivity index (χ0n) is 16.8. The molecule has 0 aliphatic rings. The molecule has 29 heavy (non-hydrogen) atoms. The highest BCUT2D eigenvalue weighted by atomic mass is 16.5. The molecule has 0 amide bonds. The predicted octanol–water partition coefficient (Wildman–Crippen LogP) is 3.37. The Kier molecular flexibility index (Phi) is 6.24. The second kappa shape index (κ2) is 8.84. The molecule has 6 heteroatoms. The molecule has 0 bridgehead atoms. The number of aromatic nitrogens is 2. The Morgan fingerprint density at radius 1 is 1.03 bits per heavy atom. The number of nitrogens with zero attached hydrogens (tertiary/aromatic N) is 2. The highest BCUT2D eigenvalue weighted by Gasteiger charge is 2.17. The number of Topliss-reactive ketones (excluding diaryl/α,β-unsaturated/α-hetero) is 1. The van der Waals surface area contributed by atoms with Crippen LogP contribution in [0.1, 0.15) is 44.6 Å². The van der Waals surface area contributed by atoms with Gasteiger partial charge in [0.2, 0.25) is 0 Å². The second-order valence-corrected chi connectivity index (χ2v) is 6.97. The molecular weight excluding hydrogens is 368 g/mol. The van der Waals surface area contributed by atoms with Crippen molar-refractivity contribution in [1.29, 1.82) is 0 Å². The molecule has 1 N–H and O–H groups in total. The third kappa shape index (κ3) is 4.78. The lowest BCUT2D eigenvalue weighted by Gasteiger charge is -2.14. The largest absolute Gasteiger partial charge is 0.491 e. The van der Waals surface area contributed by atoms with Crippen LogP contribution in [-0.4, -0.2) is 39.2 Å². The van der Waals surface area contributed by atoms with E-state index in [0.29, 0.717) is 28.1 Å². The summed E-state index contributed by atoms with van der Waals surface area (Å²) in [5, 5.41) is 14.6. The van der Waals surface area contributed by atoms with Crippen molar-refractivity contribution < 1.29 is 19.4 Å². The molecule has 0 spiro atoms. The number of hydrogen-bond donors (Lipinski definition) is 1. The van der Waals surface area contributed by atoms with Crippen LogP contribution in [0, 0.1) is 13.8 Å². The van der Waals surface area contributed by atoms with Crippen LogP contribution in [0.25, 0.3) is 0 Å². The van der Waals surface area contributed by atoms with Gasteiger partial charge in [0.15, 0.2) is 11.6 Å². The first-order chi connectivity index (χ1) is 13.9. The van der Waals surface area contributed by atoms with Crippen molar-refractivity contribution >= 4 is 11.6 Å². The molecule has 0 saturated carbocycles. The number of hydrogen-bond acceptors (Lipinski definition) is 5. The summed E-state index contributed by atoms with van der Waals surface area (Å²) in [5.74, 6) is 0.469. The molecule has 1 atom stereocenters. The third-order valence-corrected chi connectivity index (χ3v) is 4.71. The fraction of sp³-hybridized carbons (Fsp3) is 0.261. The Bertz CT molecular complexity index is 1010. The summed E-state index contributed by atoms with van der Waals surface area (Å²) < 4.78 is 7.26. The van der Waals surface area contributed by atoms with Crippen LogP contribution < -0.4 is 4.74 Å². The van der Waals surface area contributed by atoms with Crippen LogP contribution in [-0.2, 0) is 6.54 Å². The smallest absolute Gasteiger partial charge is 0.193 e. The molecule has 3 aromatic rings. The summed E-state index contributed by atoms with van der Waals surface area (Å²) >= 11 is 0.